The number of hydrogen-bond donors (Lipinski definition) is 1. The molecular weight excluding hydrogens is 348 g/mol. The standard InChI is InChI=1S/C20H22N2O3S/c1-4-21-15-7-8-16-19(12-15)26-20(22-16)10-6-14-5-9-17(25-13-23-2)18(11-14)24-3/h5-12,21H,4,13H2,1-3H3/b10-6+. The first kappa shape index (κ1) is 18.2. The van der Waals surface area contributed by atoms with Crippen LogP contribution in [0.4, 0.5) is 5.69 Å². The monoisotopic (exact) mass is 370 g/mol. The molecule has 0 fully saturated rings. The minimum atomic E-state index is 0.187. The van der Waals surface area contributed by atoms with Crippen molar-refractivity contribution in [2.75, 3.05) is 32.9 Å². The molecule has 0 unspecified atom stereocenters. The van der Waals surface area contributed by atoms with Crippen LogP contribution in [-0.2, 0) is 4.74 Å². The first-order valence-electron chi connectivity index (χ1n) is 8.35. The van der Waals surface area contributed by atoms with Crippen LogP contribution in [0.25, 0.3) is 22.4 Å². The number of hydrogen-bond acceptors (Lipinski definition) is 6. The number of nitrogens with zero attached hydrogens (tertiary/aromatic N) is 1. The Kier molecular flexibility index (Phi) is 6.09. The largest absolute Gasteiger partial charge is 0.493 e. The first-order chi connectivity index (χ1) is 12.7. The highest BCUT2D eigenvalue weighted by molar-refractivity contribution is 7.19. The highest BCUT2D eigenvalue weighted by Crippen LogP contribution is 2.30. The molecule has 3 aromatic rings. The Bertz CT molecular complexity index is 905. The van der Waals surface area contributed by atoms with Gasteiger partial charge in [0.15, 0.2) is 18.3 Å². The third-order valence-electron chi connectivity index (χ3n) is 3.72. The first-order valence-corrected chi connectivity index (χ1v) is 9.17. The highest BCUT2D eigenvalue weighted by atomic mass is 32.1. The van der Waals surface area contributed by atoms with Gasteiger partial charge in [-0.3, -0.25) is 0 Å². The average molecular weight is 370 g/mol. The van der Waals surface area contributed by atoms with E-state index in [4.69, 9.17) is 14.2 Å². The van der Waals surface area contributed by atoms with E-state index in [-0.39, 0.29) is 6.79 Å². The molecule has 1 N–H and O–H groups in total. The van der Waals surface area contributed by atoms with Crippen LogP contribution in [-0.4, -0.2) is 32.5 Å². The number of rotatable bonds is 8. The van der Waals surface area contributed by atoms with Gasteiger partial charge in [-0.15, -0.1) is 11.3 Å². The summed E-state index contributed by atoms with van der Waals surface area (Å²) in [5.41, 5.74) is 3.15. The predicted molar refractivity (Wildman–Crippen MR) is 108 cm³/mol. The maximum atomic E-state index is 5.48. The lowest BCUT2D eigenvalue weighted by atomic mass is 10.2. The van der Waals surface area contributed by atoms with Crippen LogP contribution in [0.3, 0.4) is 0 Å². The topological polar surface area (TPSA) is 52.6 Å². The van der Waals surface area contributed by atoms with Gasteiger partial charge < -0.3 is 19.5 Å². The summed E-state index contributed by atoms with van der Waals surface area (Å²) in [5.74, 6) is 1.33. The van der Waals surface area contributed by atoms with Crippen molar-refractivity contribution in [3.63, 3.8) is 0 Å². The van der Waals surface area contributed by atoms with Gasteiger partial charge in [-0.25, -0.2) is 4.98 Å². The molecule has 0 saturated heterocycles. The molecular formula is C20H22N2O3S. The fraction of sp³-hybridized carbons (Fsp3) is 0.250. The van der Waals surface area contributed by atoms with E-state index >= 15 is 0 Å². The zero-order valence-corrected chi connectivity index (χ0v) is 15.9. The molecule has 136 valence electrons. The molecule has 5 nitrogen and oxygen atoms in total. The normalized spacial score (nSPS) is 11.2. The Hall–Kier alpha value is -2.57. The van der Waals surface area contributed by atoms with Crippen molar-refractivity contribution in [2.45, 2.75) is 6.92 Å². The zero-order chi connectivity index (χ0) is 18.4. The molecule has 2 aromatic carbocycles. The summed E-state index contributed by atoms with van der Waals surface area (Å²) in [4.78, 5) is 4.66. The second-order valence-electron chi connectivity index (χ2n) is 5.56. The molecule has 0 aliphatic rings. The van der Waals surface area contributed by atoms with E-state index in [1.54, 1.807) is 25.6 Å². The molecule has 1 aromatic heterocycles. The van der Waals surface area contributed by atoms with Crippen LogP contribution < -0.4 is 14.8 Å². The molecule has 0 spiro atoms. The smallest absolute Gasteiger partial charge is 0.188 e. The van der Waals surface area contributed by atoms with Crippen molar-refractivity contribution in [2.24, 2.45) is 0 Å². The van der Waals surface area contributed by atoms with Crippen LogP contribution in [0, 0.1) is 0 Å². The maximum absolute atomic E-state index is 5.48. The molecule has 3 rings (SSSR count). The molecule has 0 saturated carbocycles. The van der Waals surface area contributed by atoms with E-state index in [1.807, 2.05) is 36.4 Å². The lowest BCUT2D eigenvalue weighted by molar-refractivity contribution is 0.0491. The van der Waals surface area contributed by atoms with Crippen molar-refractivity contribution >= 4 is 39.4 Å². The summed E-state index contributed by atoms with van der Waals surface area (Å²) in [6, 6.07) is 12.0. The molecule has 0 amide bonds. The lowest BCUT2D eigenvalue weighted by Gasteiger charge is -2.10. The van der Waals surface area contributed by atoms with Crippen molar-refractivity contribution in [3.05, 3.63) is 47.0 Å². The van der Waals surface area contributed by atoms with Gasteiger partial charge in [0, 0.05) is 19.3 Å². The second kappa shape index (κ2) is 8.69. The number of anilines is 1. The number of fused-ring (bicyclic) bond motifs is 1. The van der Waals surface area contributed by atoms with E-state index < -0.39 is 0 Å². The Morgan fingerprint density at radius 3 is 2.73 bits per heavy atom. The van der Waals surface area contributed by atoms with Crippen LogP contribution in [0.1, 0.15) is 17.5 Å². The SMILES string of the molecule is CCNc1ccc2nc(/C=C/c3ccc(OCOC)c(OC)c3)sc2c1. The maximum Gasteiger partial charge on any atom is 0.188 e. The van der Waals surface area contributed by atoms with E-state index in [2.05, 4.69) is 29.4 Å². The summed E-state index contributed by atoms with van der Waals surface area (Å²) in [5, 5.41) is 4.29. The second-order valence-corrected chi connectivity index (χ2v) is 6.62. The van der Waals surface area contributed by atoms with Crippen LogP contribution in [0.2, 0.25) is 0 Å². The minimum Gasteiger partial charge on any atom is -0.493 e. The van der Waals surface area contributed by atoms with Crippen molar-refractivity contribution < 1.29 is 14.2 Å². The van der Waals surface area contributed by atoms with Crippen LogP contribution in [0.15, 0.2) is 36.4 Å². The Labute approximate surface area is 157 Å². The number of methoxy groups -OCH3 is 2. The molecule has 0 aliphatic carbocycles. The summed E-state index contributed by atoms with van der Waals surface area (Å²) < 4.78 is 17.0. The lowest BCUT2D eigenvalue weighted by Crippen LogP contribution is -2.00. The van der Waals surface area contributed by atoms with Gasteiger partial charge in [0.05, 0.1) is 17.3 Å². The Morgan fingerprint density at radius 1 is 1.08 bits per heavy atom. The number of aromatic nitrogens is 1. The predicted octanol–water partition coefficient (Wildman–Crippen LogP) is 4.89. The summed E-state index contributed by atoms with van der Waals surface area (Å²) in [6.45, 7) is 3.18. The average Bonchev–Trinajstić information content (AvgIpc) is 3.07. The number of nitrogens with one attached hydrogen (secondary N) is 1. The van der Waals surface area contributed by atoms with Gasteiger partial charge in [-0.2, -0.15) is 0 Å². The van der Waals surface area contributed by atoms with E-state index in [9.17, 15) is 0 Å². The minimum absolute atomic E-state index is 0.187. The molecule has 0 atom stereocenters. The van der Waals surface area contributed by atoms with Gasteiger partial charge in [-0.1, -0.05) is 12.1 Å². The number of thiazole rings is 1. The summed E-state index contributed by atoms with van der Waals surface area (Å²) in [6.07, 6.45) is 4.04. The molecule has 0 aliphatic heterocycles. The van der Waals surface area contributed by atoms with Gasteiger partial charge in [0.1, 0.15) is 5.01 Å². The third kappa shape index (κ3) is 4.33. The van der Waals surface area contributed by atoms with Gasteiger partial charge in [0.2, 0.25) is 0 Å². The van der Waals surface area contributed by atoms with Crippen molar-refractivity contribution in [3.8, 4) is 11.5 Å². The molecule has 0 radical (unpaired) electrons. The van der Waals surface area contributed by atoms with Crippen LogP contribution >= 0.6 is 11.3 Å². The molecule has 0 bridgehead atoms. The molecule has 26 heavy (non-hydrogen) atoms. The fourth-order valence-electron chi connectivity index (χ4n) is 2.52. The van der Waals surface area contributed by atoms with Crippen LogP contribution in [0.5, 0.6) is 11.5 Å². The van der Waals surface area contributed by atoms with E-state index in [1.165, 1.54) is 4.70 Å². The van der Waals surface area contributed by atoms with Crippen molar-refractivity contribution in [1.29, 1.82) is 0 Å². The third-order valence-corrected chi connectivity index (χ3v) is 4.71. The Morgan fingerprint density at radius 2 is 1.96 bits per heavy atom. The van der Waals surface area contributed by atoms with Gasteiger partial charge in [0.25, 0.3) is 0 Å². The van der Waals surface area contributed by atoms with Gasteiger partial charge >= 0.3 is 0 Å². The summed E-state index contributed by atoms with van der Waals surface area (Å²) >= 11 is 1.67. The Balaban J connectivity index is 1.79. The van der Waals surface area contributed by atoms with Gasteiger partial charge in [-0.05, 0) is 48.9 Å². The quantitative estimate of drug-likeness (QED) is 0.572. The highest BCUT2D eigenvalue weighted by Gasteiger charge is 2.05. The van der Waals surface area contributed by atoms with Crippen molar-refractivity contribution in [1.82, 2.24) is 4.98 Å². The fourth-order valence-corrected chi connectivity index (χ4v) is 3.43. The van der Waals surface area contributed by atoms with E-state index in [0.717, 1.165) is 28.3 Å². The van der Waals surface area contributed by atoms with E-state index in [0.29, 0.717) is 11.5 Å². The summed E-state index contributed by atoms with van der Waals surface area (Å²) in [7, 11) is 3.21. The number of benzene rings is 2. The number of ether oxygens (including phenoxy) is 3. The molecule has 6 heteroatoms. The molecule has 1 heterocycles. The zero-order valence-electron chi connectivity index (χ0n) is 15.1.